The third kappa shape index (κ3) is 6.81. The molecule has 10 heteroatoms. The van der Waals surface area contributed by atoms with Crippen molar-refractivity contribution >= 4 is 30.0 Å². The lowest BCUT2D eigenvalue weighted by Crippen LogP contribution is -2.35. The highest BCUT2D eigenvalue weighted by molar-refractivity contribution is 6.01. The van der Waals surface area contributed by atoms with Crippen molar-refractivity contribution in [2.75, 3.05) is 5.32 Å². The summed E-state index contributed by atoms with van der Waals surface area (Å²) in [5, 5.41) is 4.53. The molecule has 0 atom stereocenters. The molecule has 2 aromatic heterocycles. The first-order chi connectivity index (χ1) is 16.5. The molecule has 2 N–H and O–H groups in total. The smallest absolute Gasteiger partial charge is 0.325 e. The van der Waals surface area contributed by atoms with E-state index in [-0.39, 0.29) is 30.3 Å². The van der Waals surface area contributed by atoms with Crippen molar-refractivity contribution in [3.05, 3.63) is 103 Å². The molecule has 4 aromatic rings. The van der Waals surface area contributed by atoms with E-state index in [0.717, 1.165) is 11.6 Å². The number of pyridine rings is 2. The Labute approximate surface area is 205 Å². The maximum absolute atomic E-state index is 14.7. The molecule has 0 aliphatic carbocycles. The number of aromatic nitrogens is 2. The SMILES string of the molecule is Cl.O=C(Cc1ccc(F)cc1)NC(=O)Nc1ccc(Oc2ccncc2-c2cccnc2)c(F)c1. The molecule has 0 fully saturated rings. The van der Waals surface area contributed by atoms with Gasteiger partial charge in [-0.2, -0.15) is 0 Å². The van der Waals surface area contributed by atoms with Gasteiger partial charge < -0.3 is 10.1 Å². The molecule has 0 bridgehead atoms. The van der Waals surface area contributed by atoms with E-state index in [4.69, 9.17) is 4.74 Å². The van der Waals surface area contributed by atoms with Gasteiger partial charge in [-0.1, -0.05) is 18.2 Å². The number of halogens is 3. The molecule has 0 saturated heterocycles. The van der Waals surface area contributed by atoms with Crippen LogP contribution in [0.3, 0.4) is 0 Å². The third-order valence-electron chi connectivity index (χ3n) is 4.69. The summed E-state index contributed by atoms with van der Waals surface area (Å²) in [6.45, 7) is 0. The van der Waals surface area contributed by atoms with E-state index in [1.807, 2.05) is 6.07 Å². The summed E-state index contributed by atoms with van der Waals surface area (Å²) in [4.78, 5) is 32.2. The number of hydrogen-bond acceptors (Lipinski definition) is 5. The highest BCUT2D eigenvalue weighted by Gasteiger charge is 2.13. The summed E-state index contributed by atoms with van der Waals surface area (Å²) >= 11 is 0. The predicted octanol–water partition coefficient (Wildman–Crippen LogP) is 5.53. The van der Waals surface area contributed by atoms with Crippen molar-refractivity contribution < 1.29 is 23.1 Å². The lowest BCUT2D eigenvalue weighted by atomic mass is 10.1. The normalized spacial score (nSPS) is 10.1. The number of carbonyl (C=O) groups is 2. The number of imide groups is 1. The van der Waals surface area contributed by atoms with Crippen molar-refractivity contribution in [1.29, 1.82) is 0 Å². The van der Waals surface area contributed by atoms with Crippen LogP contribution >= 0.6 is 12.4 Å². The average molecular weight is 497 g/mol. The second-order valence-electron chi connectivity index (χ2n) is 7.17. The molecule has 0 unspecified atom stereocenters. The van der Waals surface area contributed by atoms with Gasteiger partial charge in [0.2, 0.25) is 5.91 Å². The van der Waals surface area contributed by atoms with Gasteiger partial charge in [0.15, 0.2) is 11.6 Å². The van der Waals surface area contributed by atoms with E-state index in [1.54, 1.807) is 30.7 Å². The molecule has 0 aliphatic rings. The second kappa shape index (κ2) is 11.7. The van der Waals surface area contributed by atoms with Crippen molar-refractivity contribution in [3.8, 4) is 22.6 Å². The van der Waals surface area contributed by atoms with Crippen LogP contribution in [0.15, 0.2) is 85.5 Å². The number of anilines is 1. The van der Waals surface area contributed by atoms with Crippen LogP contribution < -0.4 is 15.4 Å². The summed E-state index contributed by atoms with van der Waals surface area (Å²) in [6.07, 6.45) is 6.28. The fraction of sp³-hybridized carbons (Fsp3) is 0.0400. The highest BCUT2D eigenvalue weighted by Crippen LogP contribution is 2.33. The number of benzene rings is 2. The molecule has 2 aromatic carbocycles. The minimum absolute atomic E-state index is 0. The van der Waals surface area contributed by atoms with Gasteiger partial charge in [-0.15, -0.1) is 12.4 Å². The van der Waals surface area contributed by atoms with Crippen molar-refractivity contribution in [3.63, 3.8) is 0 Å². The Bertz CT molecular complexity index is 1320. The molecule has 0 spiro atoms. The Morgan fingerprint density at radius 2 is 1.66 bits per heavy atom. The Morgan fingerprint density at radius 1 is 0.886 bits per heavy atom. The van der Waals surface area contributed by atoms with Crippen LogP contribution in [0.25, 0.3) is 11.1 Å². The molecular weight excluding hydrogens is 478 g/mol. The number of hydrogen-bond donors (Lipinski definition) is 2. The average Bonchev–Trinajstić information content (AvgIpc) is 2.83. The molecule has 3 amide bonds. The van der Waals surface area contributed by atoms with Crippen molar-refractivity contribution in [1.82, 2.24) is 15.3 Å². The molecule has 0 saturated carbocycles. The number of ether oxygens (including phenoxy) is 1. The van der Waals surface area contributed by atoms with Crippen LogP contribution in [0.4, 0.5) is 19.3 Å². The molecule has 0 aliphatic heterocycles. The Hall–Kier alpha value is -4.37. The third-order valence-corrected chi connectivity index (χ3v) is 4.69. The largest absolute Gasteiger partial charge is 0.454 e. The van der Waals surface area contributed by atoms with Gasteiger partial charge in [0, 0.05) is 47.7 Å². The maximum Gasteiger partial charge on any atom is 0.325 e. The summed E-state index contributed by atoms with van der Waals surface area (Å²) < 4.78 is 33.4. The summed E-state index contributed by atoms with van der Waals surface area (Å²) in [5.74, 6) is -1.41. The zero-order valence-corrected chi connectivity index (χ0v) is 18.9. The Kier molecular flexibility index (Phi) is 8.42. The van der Waals surface area contributed by atoms with Crippen LogP contribution in [0.2, 0.25) is 0 Å². The van der Waals surface area contributed by atoms with E-state index in [0.29, 0.717) is 16.9 Å². The monoisotopic (exact) mass is 496 g/mol. The van der Waals surface area contributed by atoms with Crippen LogP contribution in [-0.2, 0) is 11.2 Å². The molecule has 2 heterocycles. The van der Waals surface area contributed by atoms with Crippen LogP contribution in [0, 0.1) is 11.6 Å². The zero-order valence-electron chi connectivity index (χ0n) is 18.1. The van der Waals surface area contributed by atoms with E-state index in [1.165, 1.54) is 42.6 Å². The fourth-order valence-corrected chi connectivity index (χ4v) is 3.11. The fourth-order valence-electron chi connectivity index (χ4n) is 3.11. The van der Waals surface area contributed by atoms with Crippen LogP contribution in [-0.4, -0.2) is 21.9 Å². The van der Waals surface area contributed by atoms with E-state index in [9.17, 15) is 18.4 Å². The number of amides is 3. The lowest BCUT2D eigenvalue weighted by Gasteiger charge is -2.12. The summed E-state index contributed by atoms with van der Waals surface area (Å²) in [5.41, 5.74) is 2.06. The van der Waals surface area contributed by atoms with Crippen molar-refractivity contribution in [2.24, 2.45) is 0 Å². The van der Waals surface area contributed by atoms with E-state index >= 15 is 0 Å². The first kappa shape index (κ1) is 25.3. The number of rotatable bonds is 6. The molecule has 0 radical (unpaired) electrons. The van der Waals surface area contributed by atoms with E-state index < -0.39 is 23.6 Å². The standard InChI is InChI=1S/C25H18F2N4O3.ClH/c26-18-5-3-16(4-6-18)12-24(32)31-25(33)30-19-7-8-23(21(27)13-19)34-22-9-11-29-15-20(22)17-2-1-10-28-14-17;/h1-11,13-15H,12H2,(H2,30,31,32,33);1H. The highest BCUT2D eigenvalue weighted by atomic mass is 35.5. The molecular formula is C25H19ClF2N4O3. The maximum atomic E-state index is 14.7. The van der Waals surface area contributed by atoms with Crippen LogP contribution in [0.5, 0.6) is 11.5 Å². The molecule has 4 rings (SSSR count). The number of urea groups is 1. The molecule has 7 nitrogen and oxygen atoms in total. The zero-order chi connectivity index (χ0) is 23.9. The van der Waals surface area contributed by atoms with Gasteiger partial charge in [0.1, 0.15) is 11.6 Å². The minimum Gasteiger partial charge on any atom is -0.454 e. The number of nitrogens with one attached hydrogen (secondary N) is 2. The summed E-state index contributed by atoms with van der Waals surface area (Å²) in [6, 6.07) is 13.6. The molecule has 35 heavy (non-hydrogen) atoms. The molecule has 178 valence electrons. The second-order valence-corrected chi connectivity index (χ2v) is 7.17. The first-order valence-corrected chi connectivity index (χ1v) is 10.1. The summed E-state index contributed by atoms with van der Waals surface area (Å²) in [7, 11) is 0. The van der Waals surface area contributed by atoms with Gasteiger partial charge in [-0.3, -0.25) is 20.1 Å². The van der Waals surface area contributed by atoms with Gasteiger partial charge in [-0.05, 0) is 42.0 Å². The number of carbonyl (C=O) groups excluding carboxylic acids is 2. The van der Waals surface area contributed by atoms with Gasteiger partial charge in [0.05, 0.1) is 6.42 Å². The topological polar surface area (TPSA) is 93.2 Å². The quantitative estimate of drug-likeness (QED) is 0.366. The van der Waals surface area contributed by atoms with Gasteiger partial charge in [0.25, 0.3) is 0 Å². The van der Waals surface area contributed by atoms with E-state index in [2.05, 4.69) is 20.6 Å². The Morgan fingerprint density at radius 3 is 2.37 bits per heavy atom. The van der Waals surface area contributed by atoms with Gasteiger partial charge in [-0.25, -0.2) is 13.6 Å². The lowest BCUT2D eigenvalue weighted by molar-refractivity contribution is -0.119. The predicted molar refractivity (Wildman–Crippen MR) is 128 cm³/mol. The van der Waals surface area contributed by atoms with Crippen molar-refractivity contribution in [2.45, 2.75) is 6.42 Å². The minimum atomic E-state index is -0.826. The van der Waals surface area contributed by atoms with Gasteiger partial charge >= 0.3 is 6.03 Å². The Balaban J connectivity index is 0.00000342. The first-order valence-electron chi connectivity index (χ1n) is 10.1. The van der Waals surface area contributed by atoms with Crippen LogP contribution in [0.1, 0.15) is 5.56 Å². The number of nitrogens with zero attached hydrogens (tertiary/aromatic N) is 2.